The number of sulfonamides is 1. The van der Waals surface area contributed by atoms with E-state index < -0.39 is 15.6 Å². The van der Waals surface area contributed by atoms with Gasteiger partial charge in [0.1, 0.15) is 0 Å². The number of benzene rings is 1. The van der Waals surface area contributed by atoms with Crippen LogP contribution in [0.25, 0.3) is 0 Å². The fourth-order valence-electron chi connectivity index (χ4n) is 6.00. The lowest BCUT2D eigenvalue weighted by atomic mass is 9.49. The fourth-order valence-corrected chi connectivity index (χ4v) is 6.83. The summed E-state index contributed by atoms with van der Waals surface area (Å²) in [6.45, 7) is 8.68. The lowest BCUT2D eigenvalue weighted by Gasteiger charge is -2.58. The second-order valence-electron chi connectivity index (χ2n) is 10.3. The molecule has 1 unspecified atom stereocenters. The van der Waals surface area contributed by atoms with Crippen molar-refractivity contribution in [1.29, 1.82) is 0 Å². The summed E-state index contributed by atoms with van der Waals surface area (Å²) in [5.74, 6) is 0.915. The number of hydrogen-bond donors (Lipinski definition) is 2. The predicted octanol–water partition coefficient (Wildman–Crippen LogP) is 4.01. The number of nitrogens with one attached hydrogen (secondary N) is 1. The van der Waals surface area contributed by atoms with E-state index in [1.807, 2.05) is 6.92 Å². The zero-order chi connectivity index (χ0) is 20.4. The number of hydrazone groups is 1. The average molecular weight is 405 g/mol. The molecule has 0 amide bonds. The molecule has 3 aliphatic rings. The van der Waals surface area contributed by atoms with E-state index in [-0.39, 0.29) is 10.3 Å². The molecule has 0 aliphatic heterocycles. The first kappa shape index (κ1) is 19.9. The molecule has 1 aromatic carbocycles. The number of hydrogen-bond acceptors (Lipinski definition) is 4. The smallest absolute Gasteiger partial charge is 0.276 e. The van der Waals surface area contributed by atoms with Crippen LogP contribution in [0, 0.1) is 29.6 Å². The summed E-state index contributed by atoms with van der Waals surface area (Å²) in [7, 11) is -3.68. The highest BCUT2D eigenvalue weighted by Gasteiger charge is 2.61. The topological polar surface area (TPSA) is 78.8 Å². The minimum atomic E-state index is -3.68. The Balaban J connectivity index is 1.57. The summed E-state index contributed by atoms with van der Waals surface area (Å²) >= 11 is 0. The van der Waals surface area contributed by atoms with Gasteiger partial charge in [0.2, 0.25) is 0 Å². The van der Waals surface area contributed by atoms with Crippen LogP contribution >= 0.6 is 0 Å². The lowest BCUT2D eigenvalue weighted by molar-refractivity contribution is -0.152. The van der Waals surface area contributed by atoms with Crippen molar-refractivity contribution in [2.75, 3.05) is 0 Å². The van der Waals surface area contributed by atoms with E-state index in [9.17, 15) is 13.5 Å². The SMILES string of the molecule is Cc1ccc(S(=O)(=O)N/N=C2/CC[C@]3(O)C[C@]2(C)CCC2[C@H]3CC2(C)C)cc1. The van der Waals surface area contributed by atoms with Gasteiger partial charge in [0.05, 0.1) is 10.5 Å². The van der Waals surface area contributed by atoms with Gasteiger partial charge in [-0.25, -0.2) is 4.83 Å². The van der Waals surface area contributed by atoms with Crippen LogP contribution in [0.4, 0.5) is 0 Å². The van der Waals surface area contributed by atoms with Gasteiger partial charge in [0, 0.05) is 11.1 Å². The summed E-state index contributed by atoms with van der Waals surface area (Å²) < 4.78 is 25.3. The molecule has 28 heavy (non-hydrogen) atoms. The molecular formula is C22H32N2O3S. The molecule has 0 spiro atoms. The molecule has 1 aromatic rings. The van der Waals surface area contributed by atoms with Crippen LogP contribution in [0.15, 0.2) is 34.3 Å². The Labute approximate surface area is 168 Å². The van der Waals surface area contributed by atoms with Crippen LogP contribution < -0.4 is 4.83 Å². The molecule has 3 saturated carbocycles. The molecule has 4 atom stereocenters. The molecule has 3 aliphatic carbocycles. The summed E-state index contributed by atoms with van der Waals surface area (Å²) in [6, 6.07) is 6.77. The van der Waals surface area contributed by atoms with Crippen LogP contribution in [0.1, 0.15) is 64.9 Å². The number of aryl methyl sites for hydroxylation is 1. The Kier molecular flexibility index (Phi) is 4.47. The van der Waals surface area contributed by atoms with Crippen molar-refractivity contribution in [2.45, 2.75) is 76.7 Å². The van der Waals surface area contributed by atoms with Crippen LogP contribution in [0.5, 0.6) is 0 Å². The number of rotatable bonds is 3. The summed E-state index contributed by atoms with van der Waals surface area (Å²) in [4.78, 5) is 2.68. The Morgan fingerprint density at radius 3 is 2.43 bits per heavy atom. The summed E-state index contributed by atoms with van der Waals surface area (Å²) in [5, 5.41) is 15.8. The third-order valence-electron chi connectivity index (χ3n) is 7.75. The molecule has 0 heterocycles. The lowest BCUT2D eigenvalue weighted by Crippen LogP contribution is -2.57. The largest absolute Gasteiger partial charge is 0.390 e. The molecule has 154 valence electrons. The molecule has 5 nitrogen and oxygen atoms in total. The van der Waals surface area contributed by atoms with E-state index in [2.05, 4.69) is 30.7 Å². The Morgan fingerprint density at radius 1 is 1.11 bits per heavy atom. The molecule has 3 fully saturated rings. The molecule has 2 bridgehead atoms. The highest BCUT2D eigenvalue weighted by molar-refractivity contribution is 7.89. The van der Waals surface area contributed by atoms with Crippen molar-refractivity contribution in [2.24, 2.45) is 27.8 Å². The first-order valence-electron chi connectivity index (χ1n) is 10.3. The van der Waals surface area contributed by atoms with Gasteiger partial charge in [-0.1, -0.05) is 38.5 Å². The van der Waals surface area contributed by atoms with Crippen molar-refractivity contribution in [1.82, 2.24) is 4.83 Å². The molecule has 0 aromatic heterocycles. The highest BCUT2D eigenvalue weighted by atomic mass is 32.2. The van der Waals surface area contributed by atoms with E-state index in [4.69, 9.17) is 0 Å². The third kappa shape index (κ3) is 3.18. The normalized spacial score (nSPS) is 38.2. The predicted molar refractivity (Wildman–Crippen MR) is 110 cm³/mol. The van der Waals surface area contributed by atoms with E-state index in [1.165, 1.54) is 0 Å². The summed E-state index contributed by atoms with van der Waals surface area (Å²) in [5.41, 5.74) is 1.29. The Bertz CT molecular complexity index is 906. The van der Waals surface area contributed by atoms with Crippen LogP contribution in [0.2, 0.25) is 0 Å². The van der Waals surface area contributed by atoms with Gasteiger partial charge < -0.3 is 5.11 Å². The van der Waals surface area contributed by atoms with Crippen LogP contribution in [-0.4, -0.2) is 24.8 Å². The van der Waals surface area contributed by atoms with Gasteiger partial charge >= 0.3 is 0 Å². The first-order valence-corrected chi connectivity index (χ1v) is 11.8. The molecule has 0 saturated heterocycles. The van der Waals surface area contributed by atoms with E-state index in [1.54, 1.807) is 24.3 Å². The number of aliphatic hydroxyl groups is 1. The standard InChI is InChI=1S/C22H32N2O3S/c1-15-5-7-16(8-6-15)28(26,27)24-23-19-10-12-22(25)14-21(19,4)11-9-17-18(22)13-20(17,2)3/h5-8,17-18,24-25H,9-14H2,1-4H3/b23-19-/t17?,18-,21+,22+/m1/s1. The van der Waals surface area contributed by atoms with Gasteiger partial charge in [-0.15, -0.1) is 0 Å². The first-order chi connectivity index (χ1) is 13.0. The maximum atomic E-state index is 12.6. The van der Waals surface area contributed by atoms with Gasteiger partial charge in [-0.05, 0) is 74.8 Å². The van der Waals surface area contributed by atoms with Gasteiger partial charge in [-0.2, -0.15) is 13.5 Å². The molecule has 4 rings (SSSR count). The van der Waals surface area contributed by atoms with Gasteiger partial charge in [0.15, 0.2) is 0 Å². The van der Waals surface area contributed by atoms with Gasteiger partial charge in [-0.3, -0.25) is 0 Å². The molecule has 0 radical (unpaired) electrons. The van der Waals surface area contributed by atoms with E-state index in [0.29, 0.717) is 36.5 Å². The summed E-state index contributed by atoms with van der Waals surface area (Å²) in [6.07, 6.45) is 5.10. The minimum absolute atomic E-state index is 0.223. The quantitative estimate of drug-likeness (QED) is 0.747. The monoisotopic (exact) mass is 404 g/mol. The highest BCUT2D eigenvalue weighted by Crippen LogP contribution is 2.64. The molecule has 6 heteroatoms. The van der Waals surface area contributed by atoms with Crippen molar-refractivity contribution in [3.05, 3.63) is 29.8 Å². The van der Waals surface area contributed by atoms with Crippen LogP contribution in [-0.2, 0) is 10.0 Å². The maximum Gasteiger partial charge on any atom is 0.276 e. The molecular weight excluding hydrogens is 372 g/mol. The third-order valence-corrected chi connectivity index (χ3v) is 8.98. The Hall–Kier alpha value is -1.40. The van der Waals surface area contributed by atoms with Crippen molar-refractivity contribution >= 4 is 15.7 Å². The maximum absolute atomic E-state index is 12.6. The average Bonchev–Trinajstić information content (AvgIpc) is 2.66. The minimum Gasteiger partial charge on any atom is -0.390 e. The van der Waals surface area contributed by atoms with E-state index >= 15 is 0 Å². The van der Waals surface area contributed by atoms with Gasteiger partial charge in [0.25, 0.3) is 10.0 Å². The zero-order valence-corrected chi connectivity index (χ0v) is 18.1. The molecule has 2 N–H and O–H groups in total. The second kappa shape index (κ2) is 6.30. The van der Waals surface area contributed by atoms with Crippen molar-refractivity contribution < 1.29 is 13.5 Å². The van der Waals surface area contributed by atoms with Crippen LogP contribution in [0.3, 0.4) is 0 Å². The number of nitrogens with zero attached hydrogens (tertiary/aromatic N) is 1. The Morgan fingerprint density at radius 2 is 1.79 bits per heavy atom. The van der Waals surface area contributed by atoms with Crippen molar-refractivity contribution in [3.63, 3.8) is 0 Å². The number of fused-ring (bicyclic) bond motifs is 4. The van der Waals surface area contributed by atoms with Crippen molar-refractivity contribution in [3.8, 4) is 0 Å². The zero-order valence-electron chi connectivity index (χ0n) is 17.3. The second-order valence-corrected chi connectivity index (χ2v) is 11.9. The van der Waals surface area contributed by atoms with E-state index in [0.717, 1.165) is 30.5 Å². The fraction of sp³-hybridized carbons (Fsp3) is 0.682.